The maximum Gasteiger partial charge on any atom is 0.133 e. The standard InChI is InChI=1S/C42H29N3.C13H13N/c1-43-41(26-21-28-19-22-30(23-20-28)29-11-3-2-4-12-29)45-38-18-10-8-16-34(38)35-24-25-39-36(42(35)45)27-40-33-15-6-5-13-31(33)32-14-7-9-17-37(32)44(39)40;14-10-11-6-8-13(9-7-11)12-4-2-1-3-5-12/h2-20,22-27H,1,21H2;1-9H,10,14H2/b41-26+;. The fourth-order valence-corrected chi connectivity index (χ4v) is 8.64. The van der Waals surface area contributed by atoms with Crippen LogP contribution in [0.15, 0.2) is 211 Å². The van der Waals surface area contributed by atoms with Crippen molar-refractivity contribution in [3.05, 3.63) is 217 Å². The second kappa shape index (κ2) is 15.4. The molecule has 0 aliphatic rings. The lowest BCUT2D eigenvalue weighted by Crippen LogP contribution is -1.96. The van der Waals surface area contributed by atoms with Gasteiger partial charge in [-0.2, -0.15) is 0 Å². The molecule has 0 aliphatic carbocycles. The molecule has 0 amide bonds. The highest BCUT2D eigenvalue weighted by Crippen LogP contribution is 2.41. The summed E-state index contributed by atoms with van der Waals surface area (Å²) in [6.07, 6.45) is 2.95. The fraction of sp³-hybridized carbons (Fsp3) is 0.0364. The number of para-hydroxylation sites is 2. The van der Waals surface area contributed by atoms with Gasteiger partial charge in [-0.25, -0.2) is 4.99 Å². The molecule has 0 unspecified atom stereocenters. The van der Waals surface area contributed by atoms with Crippen molar-refractivity contribution in [2.24, 2.45) is 10.7 Å². The van der Waals surface area contributed by atoms with Crippen LogP contribution in [0.2, 0.25) is 0 Å². The van der Waals surface area contributed by atoms with Crippen LogP contribution in [-0.4, -0.2) is 15.7 Å². The van der Waals surface area contributed by atoms with Gasteiger partial charge in [0.25, 0.3) is 0 Å². The average Bonchev–Trinajstić information content (AvgIpc) is 3.88. The topological polar surface area (TPSA) is 47.7 Å². The molecule has 0 saturated heterocycles. The lowest BCUT2D eigenvalue weighted by molar-refractivity contribution is 1.07. The Morgan fingerprint density at radius 3 is 1.51 bits per heavy atom. The first-order valence-electron chi connectivity index (χ1n) is 20.1. The van der Waals surface area contributed by atoms with Gasteiger partial charge < -0.3 is 10.1 Å². The normalized spacial score (nSPS) is 11.8. The van der Waals surface area contributed by atoms with Gasteiger partial charge in [-0.3, -0.25) is 4.57 Å². The number of nitrogens with two attached hydrogens (primary N) is 1. The maximum atomic E-state index is 5.54. The monoisotopic (exact) mass is 758 g/mol. The Morgan fingerprint density at radius 2 is 0.915 bits per heavy atom. The minimum Gasteiger partial charge on any atom is -0.326 e. The van der Waals surface area contributed by atoms with Crippen LogP contribution in [0.5, 0.6) is 0 Å². The van der Waals surface area contributed by atoms with Gasteiger partial charge in [0, 0.05) is 33.5 Å². The van der Waals surface area contributed by atoms with E-state index in [0.29, 0.717) is 6.54 Å². The van der Waals surface area contributed by atoms with Crippen LogP contribution in [-0.2, 0) is 13.0 Å². The molecule has 3 heterocycles. The molecule has 0 bridgehead atoms. The number of fused-ring (bicyclic) bond motifs is 12. The van der Waals surface area contributed by atoms with Gasteiger partial charge in [-0.05, 0) is 82.2 Å². The molecule has 2 N–H and O–H groups in total. The highest BCUT2D eigenvalue weighted by molar-refractivity contribution is 6.23. The van der Waals surface area contributed by atoms with E-state index < -0.39 is 0 Å². The van der Waals surface area contributed by atoms with Crippen molar-refractivity contribution in [2.75, 3.05) is 0 Å². The minimum atomic E-state index is 0.606. The predicted molar refractivity (Wildman–Crippen MR) is 252 cm³/mol. The Morgan fingerprint density at radius 1 is 0.441 bits per heavy atom. The lowest BCUT2D eigenvalue weighted by atomic mass is 10.0. The SMILES string of the molecule is C=N/C(=C\Cc1ccc(-c2ccccc2)cc1)n1c2ccccc2c2ccc3c(cc4c5ccccc5c5ccccc5n43)c21.NCc1ccc(-c2ccccc2)cc1. The summed E-state index contributed by atoms with van der Waals surface area (Å²) >= 11 is 0. The van der Waals surface area contributed by atoms with E-state index in [0.717, 1.165) is 23.3 Å². The highest BCUT2D eigenvalue weighted by atomic mass is 15.1. The lowest BCUT2D eigenvalue weighted by Gasteiger charge is -2.10. The molecule has 11 rings (SSSR count). The van der Waals surface area contributed by atoms with Crippen molar-refractivity contribution in [3.63, 3.8) is 0 Å². The zero-order chi connectivity index (χ0) is 39.7. The smallest absolute Gasteiger partial charge is 0.133 e. The van der Waals surface area contributed by atoms with Gasteiger partial charge in [0.05, 0.1) is 27.6 Å². The molecule has 4 heteroatoms. The third-order valence-corrected chi connectivity index (χ3v) is 11.5. The van der Waals surface area contributed by atoms with Crippen molar-refractivity contribution in [1.29, 1.82) is 0 Å². The molecular weight excluding hydrogens is 717 g/mol. The average molecular weight is 759 g/mol. The van der Waals surface area contributed by atoms with Crippen LogP contribution < -0.4 is 5.73 Å². The number of hydrogen-bond acceptors (Lipinski definition) is 2. The first-order chi connectivity index (χ1) is 29.2. The molecule has 4 nitrogen and oxygen atoms in total. The van der Waals surface area contributed by atoms with E-state index >= 15 is 0 Å². The first kappa shape index (κ1) is 35.9. The van der Waals surface area contributed by atoms with E-state index in [1.54, 1.807) is 0 Å². The number of rotatable bonds is 7. The van der Waals surface area contributed by atoms with Crippen LogP contribution in [0, 0.1) is 0 Å². The second-order valence-corrected chi connectivity index (χ2v) is 14.9. The number of aromatic nitrogens is 2. The quantitative estimate of drug-likeness (QED) is 0.128. The van der Waals surface area contributed by atoms with Gasteiger partial charge in [-0.15, -0.1) is 0 Å². The Kier molecular flexibility index (Phi) is 9.38. The summed E-state index contributed by atoms with van der Waals surface area (Å²) < 4.78 is 4.73. The van der Waals surface area contributed by atoms with Crippen LogP contribution in [0.3, 0.4) is 0 Å². The number of benzene rings is 8. The Labute approximate surface area is 343 Å². The molecule has 0 aliphatic heterocycles. The minimum absolute atomic E-state index is 0.606. The van der Waals surface area contributed by atoms with Crippen LogP contribution in [0.25, 0.3) is 88.0 Å². The third-order valence-electron chi connectivity index (χ3n) is 11.5. The summed E-state index contributed by atoms with van der Waals surface area (Å²) in [6.45, 7) is 4.66. The molecule has 11 aromatic rings. The molecule has 59 heavy (non-hydrogen) atoms. The molecule has 0 fully saturated rings. The zero-order valence-corrected chi connectivity index (χ0v) is 32.7. The largest absolute Gasteiger partial charge is 0.326 e. The van der Waals surface area contributed by atoms with Gasteiger partial charge in [0.2, 0.25) is 0 Å². The summed E-state index contributed by atoms with van der Waals surface area (Å²) in [5, 5.41) is 7.40. The van der Waals surface area contributed by atoms with Gasteiger partial charge in [0.1, 0.15) is 5.82 Å². The van der Waals surface area contributed by atoms with Crippen molar-refractivity contribution in [3.8, 4) is 22.3 Å². The molecular formula is C55H42N4. The summed E-state index contributed by atoms with van der Waals surface area (Å²) in [7, 11) is 0. The van der Waals surface area contributed by atoms with E-state index in [9.17, 15) is 0 Å². The molecule has 8 aromatic carbocycles. The van der Waals surface area contributed by atoms with Crippen molar-refractivity contribution < 1.29 is 0 Å². The van der Waals surface area contributed by atoms with Gasteiger partial charge in [0.15, 0.2) is 0 Å². The summed E-state index contributed by atoms with van der Waals surface area (Å²) in [5.41, 5.74) is 18.8. The number of aliphatic imine (C=N–C) groups is 1. The van der Waals surface area contributed by atoms with Crippen LogP contribution in [0.1, 0.15) is 11.1 Å². The predicted octanol–water partition coefficient (Wildman–Crippen LogP) is 13.7. The number of hydrogen-bond donors (Lipinski definition) is 1. The van der Waals surface area contributed by atoms with Crippen molar-refractivity contribution >= 4 is 72.4 Å². The Balaban J connectivity index is 0.000000255. The Hall–Kier alpha value is -7.53. The molecule has 0 atom stereocenters. The summed E-state index contributed by atoms with van der Waals surface area (Å²) in [5.74, 6) is 0.839. The van der Waals surface area contributed by atoms with Crippen LogP contribution >= 0.6 is 0 Å². The van der Waals surface area contributed by atoms with Crippen molar-refractivity contribution in [2.45, 2.75) is 13.0 Å². The molecule has 3 aromatic heterocycles. The van der Waals surface area contributed by atoms with Gasteiger partial charge in [-0.1, -0.05) is 176 Å². The van der Waals surface area contributed by atoms with Crippen LogP contribution in [0.4, 0.5) is 0 Å². The zero-order valence-electron chi connectivity index (χ0n) is 32.7. The highest BCUT2D eigenvalue weighted by Gasteiger charge is 2.19. The van der Waals surface area contributed by atoms with Crippen molar-refractivity contribution in [1.82, 2.24) is 8.97 Å². The fourth-order valence-electron chi connectivity index (χ4n) is 8.64. The number of nitrogens with zero attached hydrogens (tertiary/aromatic N) is 3. The van der Waals surface area contributed by atoms with E-state index in [1.807, 2.05) is 18.2 Å². The van der Waals surface area contributed by atoms with E-state index in [-0.39, 0.29) is 0 Å². The molecule has 282 valence electrons. The second-order valence-electron chi connectivity index (χ2n) is 14.9. The van der Waals surface area contributed by atoms with Gasteiger partial charge >= 0.3 is 0 Å². The third kappa shape index (κ3) is 6.46. The molecule has 0 radical (unpaired) electrons. The molecule has 0 spiro atoms. The van der Waals surface area contributed by atoms with E-state index in [2.05, 4.69) is 209 Å². The maximum absolute atomic E-state index is 5.54. The molecule has 0 saturated carbocycles. The summed E-state index contributed by atoms with van der Waals surface area (Å²) in [4.78, 5) is 4.64. The number of allylic oxidation sites excluding steroid dienone is 1. The first-order valence-corrected chi connectivity index (χ1v) is 20.1. The number of pyridine rings is 1. The van der Waals surface area contributed by atoms with E-state index in [1.165, 1.54) is 82.2 Å². The summed E-state index contributed by atoms with van der Waals surface area (Å²) in [6, 6.07) is 71.0. The Bertz CT molecular complexity index is 3320. The van der Waals surface area contributed by atoms with E-state index in [4.69, 9.17) is 5.73 Å².